The summed E-state index contributed by atoms with van der Waals surface area (Å²) < 4.78 is 18.3. The van der Waals surface area contributed by atoms with Crippen LogP contribution in [0.2, 0.25) is 0 Å². The summed E-state index contributed by atoms with van der Waals surface area (Å²) in [5, 5.41) is 13.8. The summed E-state index contributed by atoms with van der Waals surface area (Å²) in [6.07, 6.45) is 3.48. The second kappa shape index (κ2) is 9.98. The molecule has 176 valence electrons. The van der Waals surface area contributed by atoms with Gasteiger partial charge in [0.2, 0.25) is 11.7 Å². The first-order valence-corrected chi connectivity index (χ1v) is 11.8. The van der Waals surface area contributed by atoms with E-state index in [-0.39, 0.29) is 0 Å². The van der Waals surface area contributed by atoms with Crippen molar-refractivity contribution in [2.24, 2.45) is 0 Å². The van der Waals surface area contributed by atoms with Crippen LogP contribution in [0.25, 0.3) is 28.5 Å². The molecule has 0 spiro atoms. The van der Waals surface area contributed by atoms with Crippen molar-refractivity contribution in [1.29, 1.82) is 0 Å². The minimum Gasteiger partial charge on any atom is -0.497 e. The van der Waals surface area contributed by atoms with Crippen molar-refractivity contribution in [2.75, 3.05) is 14.2 Å². The van der Waals surface area contributed by atoms with E-state index in [1.54, 1.807) is 26.6 Å². The van der Waals surface area contributed by atoms with Gasteiger partial charge in [-0.05, 0) is 49.4 Å². The SMILES string of the molecule is COc1ccc(OC)c(-c2noc(CSc3nnc(-c4ccncc4)n3-c3ccc(C)cc3)n2)c1. The largest absolute Gasteiger partial charge is 0.497 e. The number of aryl methyl sites for hydroxylation is 1. The van der Waals surface area contributed by atoms with Crippen molar-refractivity contribution in [3.05, 3.63) is 78.4 Å². The van der Waals surface area contributed by atoms with Crippen LogP contribution >= 0.6 is 11.8 Å². The van der Waals surface area contributed by atoms with Crippen molar-refractivity contribution >= 4 is 11.8 Å². The van der Waals surface area contributed by atoms with E-state index in [4.69, 9.17) is 14.0 Å². The summed E-state index contributed by atoms with van der Waals surface area (Å²) >= 11 is 1.46. The first-order valence-electron chi connectivity index (χ1n) is 10.8. The number of hydrogen-bond donors (Lipinski definition) is 0. The molecule has 0 fully saturated rings. The van der Waals surface area contributed by atoms with Crippen LogP contribution in [0.4, 0.5) is 0 Å². The number of methoxy groups -OCH3 is 2. The molecule has 0 atom stereocenters. The van der Waals surface area contributed by atoms with Gasteiger partial charge in [0.1, 0.15) is 11.5 Å². The highest BCUT2D eigenvalue weighted by Crippen LogP contribution is 2.33. The van der Waals surface area contributed by atoms with Crippen LogP contribution in [-0.4, -0.2) is 44.1 Å². The molecule has 0 amide bonds. The maximum atomic E-state index is 5.52. The fourth-order valence-corrected chi connectivity index (χ4v) is 4.31. The maximum Gasteiger partial charge on any atom is 0.237 e. The van der Waals surface area contributed by atoms with Crippen molar-refractivity contribution in [3.8, 4) is 40.0 Å². The van der Waals surface area contributed by atoms with Crippen LogP contribution < -0.4 is 9.47 Å². The van der Waals surface area contributed by atoms with Crippen LogP contribution in [0, 0.1) is 6.92 Å². The van der Waals surface area contributed by atoms with Gasteiger partial charge in [-0.2, -0.15) is 4.98 Å². The molecule has 0 radical (unpaired) electrons. The molecule has 5 aromatic rings. The molecule has 35 heavy (non-hydrogen) atoms. The van der Waals surface area contributed by atoms with Gasteiger partial charge in [-0.15, -0.1) is 10.2 Å². The molecule has 0 N–H and O–H groups in total. The highest BCUT2D eigenvalue weighted by Gasteiger charge is 2.19. The van der Waals surface area contributed by atoms with Gasteiger partial charge in [0.15, 0.2) is 11.0 Å². The molecule has 0 saturated carbocycles. The predicted molar refractivity (Wildman–Crippen MR) is 132 cm³/mol. The Labute approximate surface area is 206 Å². The van der Waals surface area contributed by atoms with Crippen LogP contribution in [0.3, 0.4) is 0 Å². The third kappa shape index (κ3) is 4.73. The Kier molecular flexibility index (Phi) is 6.44. The summed E-state index contributed by atoms with van der Waals surface area (Å²) in [7, 11) is 3.20. The first kappa shape index (κ1) is 22.6. The lowest BCUT2D eigenvalue weighted by Crippen LogP contribution is -2.00. The topological polar surface area (TPSA) is 101 Å². The van der Waals surface area contributed by atoms with E-state index in [0.717, 1.165) is 17.1 Å². The molecule has 2 aromatic carbocycles. The van der Waals surface area contributed by atoms with Gasteiger partial charge in [0, 0.05) is 23.6 Å². The lowest BCUT2D eigenvalue weighted by atomic mass is 10.2. The zero-order chi connectivity index (χ0) is 24.2. The minimum atomic E-state index is 0.416. The summed E-state index contributed by atoms with van der Waals surface area (Å²) in [5.41, 5.74) is 3.75. The fraction of sp³-hybridized carbons (Fsp3) is 0.160. The predicted octanol–water partition coefficient (Wildman–Crippen LogP) is 5.00. The molecule has 0 aliphatic rings. The zero-order valence-corrected chi connectivity index (χ0v) is 20.2. The lowest BCUT2D eigenvalue weighted by molar-refractivity contribution is 0.389. The van der Waals surface area contributed by atoms with Gasteiger partial charge in [0.25, 0.3) is 0 Å². The number of pyridine rings is 1. The van der Waals surface area contributed by atoms with Gasteiger partial charge in [0.05, 0.1) is 25.5 Å². The number of ether oxygens (including phenoxy) is 2. The Balaban J connectivity index is 1.44. The Morgan fingerprint density at radius 3 is 2.49 bits per heavy atom. The Morgan fingerprint density at radius 2 is 1.74 bits per heavy atom. The molecule has 0 saturated heterocycles. The molecule has 3 heterocycles. The molecule has 0 aliphatic carbocycles. The van der Waals surface area contributed by atoms with Crippen molar-refractivity contribution in [1.82, 2.24) is 29.9 Å². The van der Waals surface area contributed by atoms with Gasteiger partial charge in [-0.3, -0.25) is 9.55 Å². The number of hydrogen-bond acceptors (Lipinski definition) is 9. The van der Waals surface area contributed by atoms with Crippen LogP contribution in [0.15, 0.2) is 76.7 Å². The molecule has 0 unspecified atom stereocenters. The van der Waals surface area contributed by atoms with Crippen LogP contribution in [-0.2, 0) is 5.75 Å². The monoisotopic (exact) mass is 486 g/mol. The third-order valence-electron chi connectivity index (χ3n) is 5.30. The molecule has 10 heteroatoms. The lowest BCUT2D eigenvalue weighted by Gasteiger charge is -2.10. The van der Waals surface area contributed by atoms with Crippen LogP contribution in [0.5, 0.6) is 11.5 Å². The highest BCUT2D eigenvalue weighted by atomic mass is 32.2. The maximum absolute atomic E-state index is 5.52. The van der Waals surface area contributed by atoms with Gasteiger partial charge < -0.3 is 14.0 Å². The summed E-state index contributed by atoms with van der Waals surface area (Å²) in [6.45, 7) is 2.06. The van der Waals surface area contributed by atoms with E-state index >= 15 is 0 Å². The molecular formula is C25H22N6O3S. The molecule has 0 aliphatic heterocycles. The number of rotatable bonds is 8. The van der Waals surface area contributed by atoms with Crippen molar-refractivity contribution in [2.45, 2.75) is 17.8 Å². The average Bonchev–Trinajstić information content (AvgIpc) is 3.55. The molecule has 5 rings (SSSR count). The second-order valence-electron chi connectivity index (χ2n) is 7.58. The highest BCUT2D eigenvalue weighted by molar-refractivity contribution is 7.98. The van der Waals surface area contributed by atoms with E-state index in [0.29, 0.717) is 39.7 Å². The van der Waals surface area contributed by atoms with Gasteiger partial charge in [-0.1, -0.05) is 34.6 Å². The standard InChI is InChI=1S/C25H22N6O3S/c1-16-4-6-18(7-5-16)31-24(17-10-12-26-13-11-17)28-29-25(31)35-15-22-27-23(30-34-22)20-14-19(32-2)8-9-21(20)33-3/h4-14H,15H2,1-3H3. The average molecular weight is 487 g/mol. The molecule has 3 aromatic heterocycles. The van der Waals surface area contributed by atoms with Gasteiger partial charge in [-0.25, -0.2) is 0 Å². The summed E-state index contributed by atoms with van der Waals surface area (Å²) in [4.78, 5) is 8.67. The van der Waals surface area contributed by atoms with Crippen molar-refractivity contribution < 1.29 is 14.0 Å². The Bertz CT molecular complexity index is 1430. The Morgan fingerprint density at radius 1 is 0.943 bits per heavy atom. The van der Waals surface area contributed by atoms with E-state index in [9.17, 15) is 0 Å². The van der Waals surface area contributed by atoms with Crippen LogP contribution in [0.1, 0.15) is 11.5 Å². The van der Waals surface area contributed by atoms with E-state index in [1.807, 2.05) is 47.0 Å². The zero-order valence-electron chi connectivity index (χ0n) is 19.4. The fourth-order valence-electron chi connectivity index (χ4n) is 3.52. The number of thioether (sulfide) groups is 1. The number of aromatic nitrogens is 6. The Hall–Kier alpha value is -4.18. The molecule has 9 nitrogen and oxygen atoms in total. The van der Waals surface area contributed by atoms with E-state index in [2.05, 4.69) is 44.4 Å². The summed E-state index contributed by atoms with van der Waals surface area (Å²) in [5.74, 6) is 3.33. The van der Waals surface area contributed by atoms with Gasteiger partial charge >= 0.3 is 0 Å². The smallest absolute Gasteiger partial charge is 0.237 e. The number of nitrogens with zero attached hydrogens (tertiary/aromatic N) is 6. The quantitative estimate of drug-likeness (QED) is 0.281. The second-order valence-corrected chi connectivity index (χ2v) is 8.52. The van der Waals surface area contributed by atoms with Crippen molar-refractivity contribution in [3.63, 3.8) is 0 Å². The third-order valence-corrected chi connectivity index (χ3v) is 6.22. The van der Waals surface area contributed by atoms with E-state index in [1.165, 1.54) is 17.3 Å². The summed E-state index contributed by atoms with van der Waals surface area (Å²) in [6, 6.07) is 17.5. The normalized spacial score (nSPS) is 10.9. The molecular weight excluding hydrogens is 464 g/mol. The number of benzene rings is 2. The van der Waals surface area contributed by atoms with E-state index < -0.39 is 0 Å². The molecule has 0 bridgehead atoms. The first-order chi connectivity index (χ1) is 17.2. The minimum absolute atomic E-state index is 0.416.